The Morgan fingerprint density at radius 1 is 0.288 bits per heavy atom. The molecule has 6 aromatic rings. The Morgan fingerprint density at radius 3 is 0.596 bits per heavy atom. The van der Waals surface area contributed by atoms with E-state index in [1.807, 2.05) is 12.4 Å². The Morgan fingerprint density at radius 2 is 0.452 bits per heavy atom. The zero-order chi connectivity index (χ0) is 78.2. The quantitative estimate of drug-likeness (QED) is 0.0240. The molecular weight excluding hydrogens is 1440 g/mol. The van der Waals surface area contributed by atoms with Crippen molar-refractivity contribution in [2.24, 2.45) is 10.2 Å². The average molecular weight is 1590 g/mol. The van der Waals surface area contributed by atoms with E-state index in [0.29, 0.717) is 41.2 Å². The van der Waals surface area contributed by atoms with Crippen LogP contribution in [0.3, 0.4) is 0 Å². The van der Waals surface area contributed by atoms with Gasteiger partial charge in [-0.25, -0.2) is 0 Å². The van der Waals surface area contributed by atoms with E-state index in [2.05, 4.69) is 369 Å². The van der Waals surface area contributed by atoms with Crippen molar-refractivity contribution in [1.29, 1.82) is 0 Å². The summed E-state index contributed by atoms with van der Waals surface area (Å²) in [4.78, 5) is 0. The van der Waals surface area contributed by atoms with Gasteiger partial charge in [-0.3, -0.25) is 0 Å². The molecule has 0 fully saturated rings. The molecule has 10 heteroatoms. The summed E-state index contributed by atoms with van der Waals surface area (Å²) < 4.78 is 0. The molecule has 0 unspecified atom stereocenters. The van der Waals surface area contributed by atoms with Crippen LogP contribution in [0, 0.1) is 83.1 Å². The molecule has 104 heavy (non-hydrogen) atoms. The number of hydrogen-bond acceptors (Lipinski definition) is 2. The zero-order valence-corrected chi connectivity index (χ0v) is 79.6. The number of hydrogen-bond donors (Lipinski definition) is 0. The minimum absolute atomic E-state index is 0. The van der Waals surface area contributed by atoms with Crippen LogP contribution in [0.1, 0.15) is 284 Å². The molecule has 0 N–H and O–H groups in total. The van der Waals surface area contributed by atoms with Crippen LogP contribution in [0.25, 0.3) is 55.4 Å². The number of aryl methyl sites for hydroxylation is 12. The van der Waals surface area contributed by atoms with Crippen molar-refractivity contribution in [2.75, 3.05) is 37.7 Å². The first-order valence-electron chi connectivity index (χ1n) is 39.1. The van der Waals surface area contributed by atoms with Crippen molar-refractivity contribution in [3.8, 4) is 44.5 Å². The zero-order valence-electron chi connectivity index (χ0n) is 73.7. The predicted molar refractivity (Wildman–Crippen MR) is 484 cm³/mol. The maximum Gasteiger partial charge on any atom is 1.00 e. The Bertz CT molecular complexity index is 3100. The van der Waals surface area contributed by atoms with Crippen LogP contribution in [0.5, 0.6) is 0 Å². The normalized spacial score (nSPS) is 12.6. The van der Waals surface area contributed by atoms with E-state index in [1.165, 1.54) is 136 Å². The molecule has 6 rings (SSSR count). The van der Waals surface area contributed by atoms with Crippen molar-refractivity contribution in [3.63, 3.8) is 0 Å². The van der Waals surface area contributed by atoms with Crippen molar-refractivity contribution in [3.05, 3.63) is 174 Å². The van der Waals surface area contributed by atoms with Gasteiger partial charge in [0.15, 0.2) is 0 Å². The molecule has 0 amide bonds. The fourth-order valence-electron chi connectivity index (χ4n) is 17.5. The van der Waals surface area contributed by atoms with Crippen LogP contribution in [0.4, 0.5) is 0 Å². The van der Waals surface area contributed by atoms with Crippen molar-refractivity contribution in [1.82, 2.24) is 0 Å². The number of unbranched alkanes of at least 4 members (excludes halogenated alkanes) is 2. The maximum atomic E-state index is 4.51. The molecule has 0 radical (unpaired) electrons. The standard InChI is InChI=1S/2C29H35N2.2C18H40P2.2Cu/c2*1-8-9-13-30-31-18-27-25(28-21(4)14-19(2)15-22(28)5)11-10-12-26(27)29-23(6)16-20(3)17-24(29)7;2*1-15(2,3)19(16(4,5)6)13-14-20(17(7,8)9)18(10,11)12;;/h2*10-12,14-18H,8-9,13H2,1-7H3;2*13-14H2,1-12H3;;/q2*-1;;;2*+1/p+4/b2*31-18+;;;;. The Hall–Kier alpha value is -2.98. The third kappa shape index (κ3) is 30.4. The monoisotopic (exact) mass is 1590 g/mol. The smallest absolute Gasteiger partial charge is 0.602 e. The first-order chi connectivity index (χ1) is 46.6. The van der Waals surface area contributed by atoms with Gasteiger partial charge in [-0.15, -0.1) is 13.1 Å². The number of rotatable bonds is 20. The van der Waals surface area contributed by atoms with Gasteiger partial charge >= 0.3 is 34.1 Å². The fourth-order valence-corrected chi connectivity index (χ4v) is 36.5. The SMILES string of the molecule is CC(C)(C)[PH+](CC[PH+](C(C)(C)C)C(C)(C)C)C(C)(C)C.CC(C)(C)[PH+](CC[PH+](C(C)(C)C)C(C)(C)C)C(C)(C)C.CCCC[N-]/N=C/c1c(-c2c(C)cc(C)cc2C)cccc1-c1c(C)cc(C)cc1C.CCCC[N-]/N=C/c1c(-c2c(C)cc(C)cc2C)cccc1-c1c(C)cc(C)cc1C.[Cu+].[Cu+]. The Labute approximate surface area is 669 Å². The number of benzene rings is 6. The number of nitrogens with zero attached hydrogens (tertiary/aromatic N) is 4. The van der Waals surface area contributed by atoms with Crippen LogP contribution in [-0.4, -0.2) is 91.4 Å². The Balaban J connectivity index is 0.000000705. The van der Waals surface area contributed by atoms with Gasteiger partial charge in [-0.1, -0.05) is 147 Å². The minimum atomic E-state index is -0.364. The molecule has 4 nitrogen and oxygen atoms in total. The van der Waals surface area contributed by atoms with Gasteiger partial charge in [0.25, 0.3) is 0 Å². The molecule has 0 saturated carbocycles. The summed E-state index contributed by atoms with van der Waals surface area (Å²) in [5, 5.41) is 13.1. The third-order valence-corrected chi connectivity index (χ3v) is 38.7. The molecule has 0 spiro atoms. The largest absolute Gasteiger partial charge is 1.00 e. The second-order valence-electron chi connectivity index (χ2n) is 38.5. The van der Waals surface area contributed by atoms with Crippen LogP contribution in [-0.2, 0) is 34.1 Å². The second-order valence-corrected chi connectivity index (χ2v) is 56.3. The first-order valence-corrected chi connectivity index (χ1v) is 45.9. The summed E-state index contributed by atoms with van der Waals surface area (Å²) in [5.41, 5.74) is 36.7. The van der Waals surface area contributed by atoms with Gasteiger partial charge in [-0.2, -0.15) is 0 Å². The fraction of sp³-hybridized carbons (Fsp3) is 0.596. The molecule has 0 bridgehead atoms. The van der Waals surface area contributed by atoms with Crippen LogP contribution in [0.15, 0.2) is 95.1 Å². The summed E-state index contributed by atoms with van der Waals surface area (Å²) in [5.74, 6) is 0. The summed E-state index contributed by atoms with van der Waals surface area (Å²) >= 11 is 0. The van der Waals surface area contributed by atoms with Crippen LogP contribution in [0.2, 0.25) is 0 Å². The summed E-state index contributed by atoms with van der Waals surface area (Å²) in [6.07, 6.45) is 14.3. The van der Waals surface area contributed by atoms with E-state index in [-0.39, 0.29) is 65.8 Å². The molecule has 0 atom stereocenters. The molecule has 588 valence electrons. The summed E-state index contributed by atoms with van der Waals surface area (Å²) in [6.45, 7) is 91.4. The molecule has 0 heterocycles. The first kappa shape index (κ1) is 99.0. The molecule has 0 aliphatic rings. The Kier molecular flexibility index (Phi) is 39.9. The molecule has 6 aromatic carbocycles. The topological polar surface area (TPSA) is 52.9 Å². The van der Waals surface area contributed by atoms with E-state index >= 15 is 0 Å². The molecule has 0 saturated heterocycles. The average Bonchev–Trinajstić information content (AvgIpc) is 0.768. The minimum Gasteiger partial charge on any atom is -0.602 e. The van der Waals surface area contributed by atoms with E-state index in [1.54, 1.807) is 0 Å². The van der Waals surface area contributed by atoms with E-state index in [0.717, 1.165) is 49.9 Å². The molecule has 0 aliphatic heterocycles. The van der Waals surface area contributed by atoms with Crippen molar-refractivity contribution < 1.29 is 34.1 Å². The second kappa shape index (κ2) is 41.9. The predicted octanol–water partition coefficient (Wildman–Crippen LogP) is 30.0. The molecule has 0 aromatic heterocycles. The van der Waals surface area contributed by atoms with Gasteiger partial charge in [0.05, 0.1) is 65.9 Å². The molecular formula is C94H154Cu2N4P4+4. The van der Waals surface area contributed by atoms with Crippen LogP contribution >= 0.6 is 31.7 Å². The van der Waals surface area contributed by atoms with E-state index in [9.17, 15) is 0 Å². The van der Waals surface area contributed by atoms with Gasteiger partial charge in [0, 0.05) is 55.2 Å². The van der Waals surface area contributed by atoms with Gasteiger partial charge < -0.3 is 21.1 Å². The maximum absolute atomic E-state index is 4.51. The van der Waals surface area contributed by atoms with Gasteiger partial charge in [0.1, 0.15) is 0 Å². The summed E-state index contributed by atoms with van der Waals surface area (Å²) in [7, 11) is -1.46. The van der Waals surface area contributed by atoms with E-state index < -0.39 is 0 Å². The molecule has 0 aliphatic carbocycles. The van der Waals surface area contributed by atoms with Gasteiger partial charge in [-0.05, 0) is 338 Å². The van der Waals surface area contributed by atoms with Crippen LogP contribution < -0.4 is 0 Å². The van der Waals surface area contributed by atoms with Gasteiger partial charge in [0.2, 0.25) is 0 Å². The van der Waals surface area contributed by atoms with Crippen molar-refractivity contribution >= 4 is 44.1 Å². The van der Waals surface area contributed by atoms with E-state index in [4.69, 9.17) is 0 Å². The summed E-state index contributed by atoms with van der Waals surface area (Å²) in [6, 6.07) is 31.4. The third-order valence-electron chi connectivity index (χ3n) is 20.3. The van der Waals surface area contributed by atoms with Crippen molar-refractivity contribution in [2.45, 2.75) is 330 Å².